The van der Waals surface area contributed by atoms with Gasteiger partial charge in [-0.05, 0) is 25.0 Å². The average Bonchev–Trinajstić information content (AvgIpc) is 2.97. The van der Waals surface area contributed by atoms with Crippen molar-refractivity contribution in [3.63, 3.8) is 0 Å². The highest BCUT2D eigenvalue weighted by Gasteiger charge is 2.19. The molecule has 0 aliphatic heterocycles. The summed E-state index contributed by atoms with van der Waals surface area (Å²) in [6.45, 7) is 5.88. The summed E-state index contributed by atoms with van der Waals surface area (Å²) in [7, 11) is 0. The van der Waals surface area contributed by atoms with Gasteiger partial charge in [-0.15, -0.1) is 5.10 Å². The van der Waals surface area contributed by atoms with Crippen molar-refractivity contribution in [3.8, 4) is 0 Å². The van der Waals surface area contributed by atoms with E-state index in [-0.39, 0.29) is 6.03 Å². The molecule has 0 spiro atoms. The molecule has 0 fully saturated rings. The van der Waals surface area contributed by atoms with Crippen LogP contribution in [0.15, 0.2) is 18.3 Å². The summed E-state index contributed by atoms with van der Waals surface area (Å²) in [6, 6.07) is 3.53. The number of carbonyl (C=O) groups is 1. The number of rotatable bonds is 8. The Morgan fingerprint density at radius 2 is 1.82 bits per heavy atom. The van der Waals surface area contributed by atoms with Crippen LogP contribution >= 0.6 is 0 Å². The Morgan fingerprint density at radius 1 is 1.14 bits per heavy atom. The van der Waals surface area contributed by atoms with Crippen molar-refractivity contribution in [1.29, 1.82) is 0 Å². The first-order chi connectivity index (χ1) is 10.8. The lowest BCUT2D eigenvalue weighted by molar-refractivity contribution is 0.194. The Hall–Kier alpha value is -1.98. The summed E-state index contributed by atoms with van der Waals surface area (Å²) in [4.78, 5) is 18.8. The third kappa shape index (κ3) is 4.02. The summed E-state index contributed by atoms with van der Waals surface area (Å²) in [5, 5.41) is 7.95. The van der Waals surface area contributed by atoms with E-state index < -0.39 is 0 Å². The Labute approximate surface area is 131 Å². The molecule has 2 aromatic heterocycles. The SMILES string of the molecule is CCCCCN(CCCCC)C(=O)n1nnc2ncccc21. The van der Waals surface area contributed by atoms with Crippen LogP contribution in [0.25, 0.3) is 11.2 Å². The average molecular weight is 303 g/mol. The van der Waals surface area contributed by atoms with Crippen LogP contribution in [0.2, 0.25) is 0 Å². The van der Waals surface area contributed by atoms with E-state index >= 15 is 0 Å². The van der Waals surface area contributed by atoms with Crippen molar-refractivity contribution in [2.45, 2.75) is 52.4 Å². The zero-order valence-corrected chi connectivity index (χ0v) is 13.5. The summed E-state index contributed by atoms with van der Waals surface area (Å²) in [6.07, 6.45) is 8.28. The fourth-order valence-corrected chi connectivity index (χ4v) is 2.45. The van der Waals surface area contributed by atoms with E-state index in [1.807, 2.05) is 11.0 Å². The monoisotopic (exact) mass is 303 g/mol. The van der Waals surface area contributed by atoms with Gasteiger partial charge >= 0.3 is 6.03 Å². The molecule has 0 aromatic carbocycles. The van der Waals surface area contributed by atoms with E-state index in [0.717, 1.165) is 51.6 Å². The quantitative estimate of drug-likeness (QED) is 0.700. The second-order valence-corrected chi connectivity index (χ2v) is 5.53. The van der Waals surface area contributed by atoms with Gasteiger partial charge in [-0.2, -0.15) is 4.68 Å². The van der Waals surface area contributed by atoms with Gasteiger partial charge in [-0.25, -0.2) is 9.78 Å². The van der Waals surface area contributed by atoms with Crippen LogP contribution in [-0.4, -0.2) is 44.0 Å². The highest BCUT2D eigenvalue weighted by atomic mass is 16.2. The van der Waals surface area contributed by atoms with Crippen molar-refractivity contribution in [2.24, 2.45) is 0 Å². The lowest BCUT2D eigenvalue weighted by Crippen LogP contribution is -2.37. The van der Waals surface area contributed by atoms with Gasteiger partial charge in [0.2, 0.25) is 5.65 Å². The fraction of sp³-hybridized carbons (Fsp3) is 0.625. The van der Waals surface area contributed by atoms with Crippen LogP contribution < -0.4 is 0 Å². The van der Waals surface area contributed by atoms with Gasteiger partial charge in [0.15, 0.2) is 0 Å². The number of pyridine rings is 1. The Kier molecular flexibility index (Phi) is 6.30. The Bertz CT molecular complexity index is 585. The third-order valence-corrected chi connectivity index (χ3v) is 3.74. The molecule has 0 bridgehead atoms. The van der Waals surface area contributed by atoms with E-state index in [2.05, 4.69) is 29.1 Å². The van der Waals surface area contributed by atoms with Crippen molar-refractivity contribution in [2.75, 3.05) is 13.1 Å². The maximum atomic E-state index is 12.8. The first-order valence-electron chi connectivity index (χ1n) is 8.23. The molecule has 120 valence electrons. The zero-order chi connectivity index (χ0) is 15.8. The van der Waals surface area contributed by atoms with Crippen molar-refractivity contribution < 1.29 is 4.79 Å². The number of nitrogens with zero attached hydrogens (tertiary/aromatic N) is 5. The number of unbranched alkanes of at least 4 members (excludes halogenated alkanes) is 4. The number of fused-ring (bicyclic) bond motifs is 1. The van der Waals surface area contributed by atoms with Crippen LogP contribution in [0.5, 0.6) is 0 Å². The van der Waals surface area contributed by atoms with Crippen molar-refractivity contribution >= 4 is 17.2 Å². The van der Waals surface area contributed by atoms with Crippen LogP contribution in [0.4, 0.5) is 4.79 Å². The highest BCUT2D eigenvalue weighted by Crippen LogP contribution is 2.10. The molecule has 0 saturated heterocycles. The van der Waals surface area contributed by atoms with E-state index in [4.69, 9.17) is 0 Å². The smallest absolute Gasteiger partial charge is 0.323 e. The van der Waals surface area contributed by atoms with Crippen LogP contribution in [-0.2, 0) is 0 Å². The summed E-state index contributed by atoms with van der Waals surface area (Å²) >= 11 is 0. The van der Waals surface area contributed by atoms with E-state index in [1.165, 1.54) is 4.68 Å². The molecule has 2 aromatic rings. The van der Waals surface area contributed by atoms with Crippen LogP contribution in [0.1, 0.15) is 52.4 Å². The standard InChI is InChI=1S/C16H25N5O/c1-3-5-7-12-20(13-8-6-4-2)16(22)21-14-10-9-11-17-15(14)18-19-21/h9-11H,3-8,12-13H2,1-2H3. The molecule has 0 N–H and O–H groups in total. The summed E-state index contributed by atoms with van der Waals surface area (Å²) < 4.78 is 1.38. The molecule has 0 unspecified atom stereocenters. The second-order valence-electron chi connectivity index (χ2n) is 5.53. The molecule has 0 atom stereocenters. The van der Waals surface area contributed by atoms with E-state index in [9.17, 15) is 4.79 Å². The normalized spacial score (nSPS) is 11.0. The summed E-state index contributed by atoms with van der Waals surface area (Å²) in [5.74, 6) is 0. The molecule has 2 heterocycles. The maximum absolute atomic E-state index is 12.8. The highest BCUT2D eigenvalue weighted by molar-refractivity contribution is 5.86. The molecule has 0 aliphatic carbocycles. The van der Waals surface area contributed by atoms with Gasteiger partial charge in [-0.3, -0.25) is 0 Å². The van der Waals surface area contributed by atoms with Gasteiger partial charge in [0.25, 0.3) is 0 Å². The fourth-order valence-electron chi connectivity index (χ4n) is 2.45. The number of carbonyl (C=O) groups excluding carboxylic acids is 1. The van der Waals surface area contributed by atoms with Crippen molar-refractivity contribution in [3.05, 3.63) is 18.3 Å². The maximum Gasteiger partial charge on any atom is 0.346 e. The molecule has 0 aliphatic rings. The van der Waals surface area contributed by atoms with Crippen molar-refractivity contribution in [1.82, 2.24) is 24.9 Å². The van der Waals surface area contributed by atoms with Gasteiger partial charge in [0.05, 0.1) is 0 Å². The second kappa shape index (κ2) is 8.46. The first kappa shape index (κ1) is 16.4. The Balaban J connectivity index is 2.12. The molecule has 1 amide bonds. The van der Waals surface area contributed by atoms with Crippen LogP contribution in [0.3, 0.4) is 0 Å². The number of aromatic nitrogens is 4. The third-order valence-electron chi connectivity index (χ3n) is 3.74. The van der Waals surface area contributed by atoms with E-state index in [1.54, 1.807) is 12.3 Å². The van der Waals surface area contributed by atoms with Gasteiger partial charge in [0, 0.05) is 19.3 Å². The zero-order valence-electron chi connectivity index (χ0n) is 13.5. The minimum Gasteiger partial charge on any atom is -0.323 e. The first-order valence-corrected chi connectivity index (χ1v) is 8.23. The molecular weight excluding hydrogens is 278 g/mol. The van der Waals surface area contributed by atoms with Gasteiger partial charge in [-0.1, -0.05) is 44.7 Å². The predicted molar refractivity (Wildman–Crippen MR) is 86.7 cm³/mol. The molecule has 6 heteroatoms. The number of hydrogen-bond donors (Lipinski definition) is 0. The minimum absolute atomic E-state index is 0.0947. The molecule has 0 saturated carbocycles. The molecule has 2 rings (SSSR count). The predicted octanol–water partition coefficient (Wildman–Crippen LogP) is 3.48. The van der Waals surface area contributed by atoms with Gasteiger partial charge in [0.1, 0.15) is 5.52 Å². The molecule has 22 heavy (non-hydrogen) atoms. The largest absolute Gasteiger partial charge is 0.346 e. The summed E-state index contributed by atoms with van der Waals surface area (Å²) in [5.41, 5.74) is 1.18. The lowest BCUT2D eigenvalue weighted by Gasteiger charge is -2.22. The van der Waals surface area contributed by atoms with Crippen LogP contribution in [0, 0.1) is 0 Å². The van der Waals surface area contributed by atoms with Gasteiger partial charge < -0.3 is 4.90 Å². The molecular formula is C16H25N5O. The van der Waals surface area contributed by atoms with E-state index in [0.29, 0.717) is 11.2 Å². The lowest BCUT2D eigenvalue weighted by atomic mass is 10.2. The Morgan fingerprint density at radius 3 is 2.45 bits per heavy atom. The number of hydrogen-bond acceptors (Lipinski definition) is 4. The molecule has 6 nitrogen and oxygen atoms in total. The topological polar surface area (TPSA) is 63.9 Å². The minimum atomic E-state index is -0.0947. The molecule has 0 radical (unpaired) electrons. The number of amides is 1.